The van der Waals surface area contributed by atoms with Crippen molar-refractivity contribution in [3.05, 3.63) is 84.7 Å². The van der Waals surface area contributed by atoms with E-state index in [0.29, 0.717) is 23.1 Å². The molecule has 9 heteroatoms. The number of aromatic nitrogens is 4. The maximum absolute atomic E-state index is 12.5. The van der Waals surface area contributed by atoms with Gasteiger partial charge in [-0.05, 0) is 12.1 Å². The van der Waals surface area contributed by atoms with E-state index >= 15 is 0 Å². The van der Waals surface area contributed by atoms with Crippen LogP contribution in [0, 0.1) is 0 Å². The number of benzene rings is 2. The Hall–Kier alpha value is -4.24. The van der Waals surface area contributed by atoms with Crippen molar-refractivity contribution in [2.45, 2.75) is 19.3 Å². The van der Waals surface area contributed by atoms with Crippen LogP contribution < -0.4 is 5.73 Å². The fourth-order valence-corrected chi connectivity index (χ4v) is 3.56. The Morgan fingerprint density at radius 1 is 1.09 bits per heavy atom. The highest BCUT2D eigenvalue weighted by Gasteiger charge is 2.19. The van der Waals surface area contributed by atoms with Gasteiger partial charge in [0.2, 0.25) is 5.95 Å². The summed E-state index contributed by atoms with van der Waals surface area (Å²) in [6.07, 6.45) is 4.82. The van der Waals surface area contributed by atoms with Gasteiger partial charge in [0, 0.05) is 17.2 Å². The molecule has 166 valence electrons. The lowest BCUT2D eigenvalue weighted by Crippen LogP contribution is -2.25. The molecule has 3 aromatic heterocycles. The Kier molecular flexibility index (Phi) is 5.69. The number of carbonyl (C=O) groups is 1. The van der Waals surface area contributed by atoms with Crippen molar-refractivity contribution in [3.63, 3.8) is 0 Å². The molecule has 0 radical (unpaired) electrons. The minimum Gasteiger partial charge on any atom is -0.468 e. The monoisotopic (exact) mass is 443 g/mol. The van der Waals surface area contributed by atoms with E-state index in [4.69, 9.17) is 19.6 Å². The first kappa shape index (κ1) is 20.7. The lowest BCUT2D eigenvalue weighted by atomic mass is 10.1. The van der Waals surface area contributed by atoms with E-state index in [9.17, 15) is 4.79 Å². The number of anilines is 1. The molecule has 9 nitrogen and oxygen atoms in total. The highest BCUT2D eigenvalue weighted by molar-refractivity contribution is 5.89. The summed E-state index contributed by atoms with van der Waals surface area (Å²) in [7, 11) is 0. The second kappa shape index (κ2) is 9.09. The molecule has 0 aliphatic rings. The smallest absolute Gasteiger partial charge is 0.338 e. The molecule has 0 aliphatic heterocycles. The number of nitrogen functional groups attached to an aromatic ring is 1. The van der Waals surface area contributed by atoms with Crippen LogP contribution in [0.4, 0.5) is 5.95 Å². The predicted molar refractivity (Wildman–Crippen MR) is 121 cm³/mol. The Bertz CT molecular complexity index is 1400. The fraction of sp³-hybridized carbons (Fsp3) is 0.167. The second-order valence-corrected chi connectivity index (χ2v) is 7.48. The Balaban J connectivity index is 1.34. The topological polar surface area (TPSA) is 118 Å². The molecule has 5 rings (SSSR count). The number of nitrogens with two attached hydrogens (primary N) is 1. The van der Waals surface area contributed by atoms with Crippen LogP contribution in [0.1, 0.15) is 16.1 Å². The first-order valence-electron chi connectivity index (χ1n) is 10.4. The van der Waals surface area contributed by atoms with E-state index in [2.05, 4.69) is 15.0 Å². The summed E-state index contributed by atoms with van der Waals surface area (Å²) in [5.41, 5.74) is 7.36. The molecule has 3 heterocycles. The number of hydrogen-bond donors (Lipinski definition) is 1. The lowest BCUT2D eigenvalue weighted by molar-refractivity contribution is -0.0348. The van der Waals surface area contributed by atoms with Crippen molar-refractivity contribution in [1.29, 1.82) is 0 Å². The van der Waals surface area contributed by atoms with E-state index in [1.807, 2.05) is 30.3 Å². The van der Waals surface area contributed by atoms with Gasteiger partial charge in [-0.2, -0.15) is 4.98 Å². The molecule has 0 bridgehead atoms. The van der Waals surface area contributed by atoms with Gasteiger partial charge in [0.05, 0.1) is 24.4 Å². The normalized spacial score (nSPS) is 12.2. The molecule has 1 atom stereocenters. The van der Waals surface area contributed by atoms with Crippen LogP contribution in [0.5, 0.6) is 0 Å². The Labute approximate surface area is 188 Å². The number of ether oxygens (including phenoxy) is 2. The second-order valence-electron chi connectivity index (χ2n) is 7.48. The van der Waals surface area contributed by atoms with E-state index < -0.39 is 12.1 Å². The van der Waals surface area contributed by atoms with Gasteiger partial charge in [0.1, 0.15) is 30.7 Å². The van der Waals surface area contributed by atoms with Crippen molar-refractivity contribution in [3.8, 4) is 0 Å². The summed E-state index contributed by atoms with van der Waals surface area (Å²) in [5, 5.41) is 1.99. The standard InChI is InChI=1S/C24H21N5O4/c25-24-26-11-20-22(28-24)29(14-27-20)15-33-18(13-32-23(30)16-6-2-1-3-7-16)10-21-19-9-5-4-8-17(19)12-31-21/h1-9,11-12,14,18H,10,13,15H2,(H2,25,26,28). The zero-order chi connectivity index (χ0) is 22.6. The third-order valence-corrected chi connectivity index (χ3v) is 5.24. The fourth-order valence-electron chi connectivity index (χ4n) is 3.56. The van der Waals surface area contributed by atoms with Crippen LogP contribution in [0.25, 0.3) is 21.9 Å². The van der Waals surface area contributed by atoms with E-state index in [0.717, 1.165) is 16.5 Å². The number of hydrogen-bond acceptors (Lipinski definition) is 8. The molecule has 0 spiro atoms. The zero-order valence-electron chi connectivity index (χ0n) is 17.6. The Morgan fingerprint density at radius 2 is 1.91 bits per heavy atom. The van der Waals surface area contributed by atoms with E-state index in [1.54, 1.807) is 47.6 Å². The number of furan rings is 1. The molecule has 0 fully saturated rings. The zero-order valence-corrected chi connectivity index (χ0v) is 17.6. The van der Waals surface area contributed by atoms with Gasteiger partial charge in [-0.1, -0.05) is 42.5 Å². The molecule has 0 aliphatic carbocycles. The predicted octanol–water partition coefficient (Wildman–Crippen LogP) is 3.60. The molecule has 0 saturated carbocycles. The van der Waals surface area contributed by atoms with Gasteiger partial charge in [-0.3, -0.25) is 4.57 Å². The third kappa shape index (κ3) is 4.53. The van der Waals surface area contributed by atoms with Crippen LogP contribution in [0.2, 0.25) is 0 Å². The SMILES string of the molecule is Nc1ncc2ncn(COC(COC(=O)c3ccccc3)Cc3occ4ccccc34)c2n1. The van der Waals surface area contributed by atoms with Crippen LogP contribution in [-0.2, 0) is 22.6 Å². The average Bonchev–Trinajstić information content (AvgIpc) is 3.45. The molecule has 1 unspecified atom stereocenters. The van der Waals surface area contributed by atoms with Crippen molar-refractivity contribution >= 4 is 33.9 Å². The van der Waals surface area contributed by atoms with Crippen LogP contribution in [0.3, 0.4) is 0 Å². The van der Waals surface area contributed by atoms with Crippen molar-refractivity contribution in [2.75, 3.05) is 12.3 Å². The molecular formula is C24H21N5O4. The number of imidazole rings is 1. The number of carbonyl (C=O) groups excluding carboxylic acids is 1. The molecule has 2 N–H and O–H groups in total. The van der Waals surface area contributed by atoms with Gasteiger partial charge < -0.3 is 19.6 Å². The quantitative estimate of drug-likeness (QED) is 0.362. The van der Waals surface area contributed by atoms with Gasteiger partial charge in [-0.25, -0.2) is 14.8 Å². The molecule has 0 amide bonds. The summed E-state index contributed by atoms with van der Waals surface area (Å²) in [5.74, 6) is 0.496. The minimum absolute atomic E-state index is 0.0481. The van der Waals surface area contributed by atoms with Gasteiger partial charge in [0.15, 0.2) is 5.65 Å². The summed E-state index contributed by atoms with van der Waals surface area (Å²) >= 11 is 0. The molecule has 5 aromatic rings. The highest BCUT2D eigenvalue weighted by atomic mass is 16.6. The van der Waals surface area contributed by atoms with Crippen molar-refractivity contribution in [1.82, 2.24) is 19.5 Å². The first-order valence-corrected chi connectivity index (χ1v) is 10.4. The molecule has 33 heavy (non-hydrogen) atoms. The van der Waals surface area contributed by atoms with Gasteiger partial charge in [0.25, 0.3) is 0 Å². The summed E-state index contributed by atoms with van der Waals surface area (Å²) in [6.45, 7) is 0.186. The number of rotatable bonds is 8. The lowest BCUT2D eigenvalue weighted by Gasteiger charge is -2.18. The van der Waals surface area contributed by atoms with E-state index in [-0.39, 0.29) is 19.3 Å². The average molecular weight is 443 g/mol. The highest BCUT2D eigenvalue weighted by Crippen LogP contribution is 2.23. The van der Waals surface area contributed by atoms with Crippen LogP contribution >= 0.6 is 0 Å². The van der Waals surface area contributed by atoms with Gasteiger partial charge in [-0.15, -0.1) is 0 Å². The first-order chi connectivity index (χ1) is 16.2. The van der Waals surface area contributed by atoms with Crippen molar-refractivity contribution in [2.24, 2.45) is 0 Å². The van der Waals surface area contributed by atoms with Crippen molar-refractivity contribution < 1.29 is 18.7 Å². The number of esters is 1. The van der Waals surface area contributed by atoms with Crippen LogP contribution in [-0.4, -0.2) is 38.2 Å². The summed E-state index contributed by atoms with van der Waals surface area (Å²) in [4.78, 5) is 24.9. The number of nitrogens with zero attached hydrogens (tertiary/aromatic N) is 4. The maximum atomic E-state index is 12.5. The van der Waals surface area contributed by atoms with E-state index in [1.165, 1.54) is 0 Å². The number of fused-ring (bicyclic) bond motifs is 2. The minimum atomic E-state index is -0.469. The largest absolute Gasteiger partial charge is 0.468 e. The van der Waals surface area contributed by atoms with Crippen LogP contribution in [0.15, 0.2) is 77.8 Å². The summed E-state index contributed by atoms with van der Waals surface area (Å²) in [6, 6.07) is 16.7. The third-order valence-electron chi connectivity index (χ3n) is 5.24. The molecular weight excluding hydrogens is 422 g/mol. The maximum Gasteiger partial charge on any atom is 0.338 e. The molecule has 2 aromatic carbocycles. The Morgan fingerprint density at radius 3 is 2.79 bits per heavy atom. The van der Waals surface area contributed by atoms with Gasteiger partial charge >= 0.3 is 5.97 Å². The molecule has 0 saturated heterocycles. The summed E-state index contributed by atoms with van der Waals surface area (Å²) < 4.78 is 19.2.